The fourth-order valence-electron chi connectivity index (χ4n) is 2.93. The van der Waals surface area contributed by atoms with Crippen LogP contribution in [0.25, 0.3) is 11.3 Å². The number of hydrogen-bond acceptors (Lipinski definition) is 7. The quantitative estimate of drug-likeness (QED) is 0.555. The highest BCUT2D eigenvalue weighted by Gasteiger charge is 2.25. The molecule has 1 unspecified atom stereocenters. The molecular formula is C22H24N4O4S. The normalized spacial score (nSPS) is 11.6. The van der Waals surface area contributed by atoms with Gasteiger partial charge in [-0.15, -0.1) is 5.10 Å². The maximum atomic E-state index is 12.9. The second-order valence-corrected chi connectivity index (χ2v) is 7.76. The molecule has 0 saturated carbocycles. The van der Waals surface area contributed by atoms with Crippen molar-refractivity contribution in [2.45, 2.75) is 19.9 Å². The van der Waals surface area contributed by atoms with Gasteiger partial charge < -0.3 is 20.1 Å². The van der Waals surface area contributed by atoms with Crippen molar-refractivity contribution in [3.8, 4) is 22.8 Å². The molecule has 0 spiro atoms. The Balaban J connectivity index is 1.71. The van der Waals surface area contributed by atoms with E-state index in [1.807, 2.05) is 31.4 Å². The number of aromatic nitrogens is 2. The number of rotatable bonds is 8. The van der Waals surface area contributed by atoms with E-state index in [0.717, 1.165) is 11.3 Å². The lowest BCUT2D eigenvalue weighted by molar-refractivity contribution is -0.118. The van der Waals surface area contributed by atoms with Crippen molar-refractivity contribution in [3.63, 3.8) is 0 Å². The van der Waals surface area contributed by atoms with Crippen LogP contribution in [0.3, 0.4) is 0 Å². The summed E-state index contributed by atoms with van der Waals surface area (Å²) in [6, 6.07) is 11.4. The Hall–Kier alpha value is -3.46. The van der Waals surface area contributed by atoms with Crippen LogP contribution in [-0.2, 0) is 4.79 Å². The molecule has 31 heavy (non-hydrogen) atoms. The SMILES string of the molecule is COc1cc(OC)cc(C(=O)NC(C(=O)Nc2ccc(-c3csnn3)cc2)C(C)C)c1. The number of nitrogens with zero attached hydrogens (tertiary/aromatic N) is 2. The minimum atomic E-state index is -0.730. The van der Waals surface area contributed by atoms with Crippen LogP contribution in [0.5, 0.6) is 11.5 Å². The Morgan fingerprint density at radius 3 is 2.16 bits per heavy atom. The van der Waals surface area contributed by atoms with Crippen LogP contribution < -0.4 is 20.1 Å². The zero-order chi connectivity index (χ0) is 22.4. The Morgan fingerprint density at radius 2 is 1.65 bits per heavy atom. The van der Waals surface area contributed by atoms with Gasteiger partial charge in [-0.25, -0.2) is 0 Å². The van der Waals surface area contributed by atoms with Gasteiger partial charge in [-0.3, -0.25) is 9.59 Å². The van der Waals surface area contributed by atoms with E-state index in [4.69, 9.17) is 9.47 Å². The van der Waals surface area contributed by atoms with E-state index in [1.54, 1.807) is 30.3 Å². The lowest BCUT2D eigenvalue weighted by Gasteiger charge is -2.22. The molecule has 0 fully saturated rings. The Kier molecular flexibility index (Phi) is 7.19. The van der Waals surface area contributed by atoms with E-state index in [9.17, 15) is 9.59 Å². The first-order chi connectivity index (χ1) is 14.9. The molecule has 0 bridgehead atoms. The van der Waals surface area contributed by atoms with E-state index in [2.05, 4.69) is 20.2 Å². The Bertz CT molecular complexity index is 1010. The molecule has 1 aromatic heterocycles. The minimum absolute atomic E-state index is 0.128. The number of methoxy groups -OCH3 is 2. The number of benzene rings is 2. The van der Waals surface area contributed by atoms with Gasteiger partial charge in [-0.05, 0) is 41.7 Å². The molecule has 1 heterocycles. The van der Waals surface area contributed by atoms with Crippen molar-refractivity contribution in [1.82, 2.24) is 14.9 Å². The fraction of sp³-hybridized carbons (Fsp3) is 0.273. The minimum Gasteiger partial charge on any atom is -0.497 e. The van der Waals surface area contributed by atoms with Gasteiger partial charge in [0.15, 0.2) is 0 Å². The van der Waals surface area contributed by atoms with Gasteiger partial charge >= 0.3 is 0 Å². The average molecular weight is 441 g/mol. The highest BCUT2D eigenvalue weighted by atomic mass is 32.1. The van der Waals surface area contributed by atoms with Crippen LogP contribution in [-0.4, -0.2) is 41.7 Å². The van der Waals surface area contributed by atoms with Gasteiger partial charge in [0.1, 0.15) is 23.2 Å². The van der Waals surface area contributed by atoms with Gasteiger partial charge in [-0.2, -0.15) is 0 Å². The largest absolute Gasteiger partial charge is 0.497 e. The third-order valence-corrected chi connectivity index (χ3v) is 5.16. The summed E-state index contributed by atoms with van der Waals surface area (Å²) in [6.45, 7) is 3.74. The van der Waals surface area contributed by atoms with Gasteiger partial charge in [0, 0.05) is 28.3 Å². The topological polar surface area (TPSA) is 102 Å². The van der Waals surface area contributed by atoms with Gasteiger partial charge in [-0.1, -0.05) is 30.5 Å². The van der Waals surface area contributed by atoms with Crippen molar-refractivity contribution >= 4 is 29.0 Å². The summed E-state index contributed by atoms with van der Waals surface area (Å²) in [5.41, 5.74) is 2.66. The first-order valence-corrected chi connectivity index (χ1v) is 10.5. The molecule has 3 rings (SSSR count). The summed E-state index contributed by atoms with van der Waals surface area (Å²) >= 11 is 1.28. The average Bonchev–Trinajstić information content (AvgIpc) is 3.32. The smallest absolute Gasteiger partial charge is 0.252 e. The first kappa shape index (κ1) is 22.2. The zero-order valence-corrected chi connectivity index (χ0v) is 18.5. The molecular weight excluding hydrogens is 416 g/mol. The van der Waals surface area contributed by atoms with Crippen LogP contribution in [0.1, 0.15) is 24.2 Å². The number of anilines is 1. The monoisotopic (exact) mass is 440 g/mol. The van der Waals surface area contributed by atoms with Crippen molar-refractivity contribution < 1.29 is 19.1 Å². The van der Waals surface area contributed by atoms with Crippen LogP contribution >= 0.6 is 11.5 Å². The summed E-state index contributed by atoms with van der Waals surface area (Å²) in [5, 5.41) is 11.6. The van der Waals surface area contributed by atoms with Crippen LogP contribution in [0, 0.1) is 5.92 Å². The molecule has 2 N–H and O–H groups in total. The van der Waals surface area contributed by atoms with Crippen molar-refractivity contribution in [1.29, 1.82) is 0 Å². The summed E-state index contributed by atoms with van der Waals surface area (Å²) < 4.78 is 14.3. The summed E-state index contributed by atoms with van der Waals surface area (Å²) in [5.74, 6) is 0.159. The summed E-state index contributed by atoms with van der Waals surface area (Å²) in [4.78, 5) is 25.7. The molecule has 0 saturated heterocycles. The Labute approximate surface area is 184 Å². The maximum Gasteiger partial charge on any atom is 0.252 e. The number of carbonyl (C=O) groups excluding carboxylic acids is 2. The molecule has 162 valence electrons. The van der Waals surface area contributed by atoms with Gasteiger partial charge in [0.2, 0.25) is 5.91 Å². The molecule has 2 amide bonds. The zero-order valence-electron chi connectivity index (χ0n) is 17.7. The molecule has 9 heteroatoms. The summed E-state index contributed by atoms with van der Waals surface area (Å²) in [7, 11) is 3.02. The number of ether oxygens (including phenoxy) is 2. The van der Waals surface area contributed by atoms with E-state index < -0.39 is 11.9 Å². The molecule has 2 aromatic carbocycles. The molecule has 3 aromatic rings. The number of amides is 2. The molecule has 0 aliphatic rings. The van der Waals surface area contributed by atoms with E-state index in [1.165, 1.54) is 25.8 Å². The standard InChI is InChI=1S/C22H24N4O4S/c1-13(2)20(24-21(27)15-9-17(29-3)11-18(10-15)30-4)22(28)23-16-7-5-14(6-8-16)19-12-31-26-25-19/h5-13,20H,1-4H3,(H,23,28)(H,24,27). The highest BCUT2D eigenvalue weighted by molar-refractivity contribution is 7.03. The van der Waals surface area contributed by atoms with Gasteiger partial charge in [0.05, 0.1) is 14.2 Å². The number of hydrogen-bond donors (Lipinski definition) is 2. The predicted octanol–water partition coefficient (Wildman–Crippen LogP) is 3.62. The third-order valence-electron chi connectivity index (χ3n) is 4.66. The molecule has 0 radical (unpaired) electrons. The van der Waals surface area contributed by atoms with E-state index in [0.29, 0.717) is 22.7 Å². The maximum absolute atomic E-state index is 12.9. The van der Waals surface area contributed by atoms with E-state index >= 15 is 0 Å². The Morgan fingerprint density at radius 1 is 1.00 bits per heavy atom. The van der Waals surface area contributed by atoms with Crippen LogP contribution in [0.4, 0.5) is 5.69 Å². The number of nitrogens with one attached hydrogen (secondary N) is 2. The lowest BCUT2D eigenvalue weighted by atomic mass is 10.0. The van der Waals surface area contributed by atoms with Crippen molar-refractivity contribution in [3.05, 3.63) is 53.4 Å². The van der Waals surface area contributed by atoms with Crippen molar-refractivity contribution in [2.75, 3.05) is 19.5 Å². The second-order valence-electron chi connectivity index (χ2n) is 7.15. The van der Waals surface area contributed by atoms with E-state index in [-0.39, 0.29) is 11.8 Å². The second kappa shape index (κ2) is 10.0. The molecule has 0 aliphatic carbocycles. The molecule has 1 atom stereocenters. The summed E-state index contributed by atoms with van der Waals surface area (Å²) in [6.07, 6.45) is 0. The van der Waals surface area contributed by atoms with Crippen molar-refractivity contribution in [2.24, 2.45) is 5.92 Å². The third kappa shape index (κ3) is 5.58. The van der Waals surface area contributed by atoms with Crippen LogP contribution in [0.15, 0.2) is 47.8 Å². The molecule has 8 nitrogen and oxygen atoms in total. The fourth-order valence-corrected chi connectivity index (χ4v) is 3.40. The highest BCUT2D eigenvalue weighted by Crippen LogP contribution is 2.23. The first-order valence-electron chi connectivity index (χ1n) is 9.63. The lowest BCUT2D eigenvalue weighted by Crippen LogP contribution is -2.47. The predicted molar refractivity (Wildman–Crippen MR) is 120 cm³/mol. The number of carbonyl (C=O) groups is 2. The van der Waals surface area contributed by atoms with Crippen LogP contribution in [0.2, 0.25) is 0 Å². The van der Waals surface area contributed by atoms with Gasteiger partial charge in [0.25, 0.3) is 5.91 Å². The molecule has 0 aliphatic heterocycles.